The van der Waals surface area contributed by atoms with Crippen molar-refractivity contribution < 1.29 is 13.7 Å². The van der Waals surface area contributed by atoms with Gasteiger partial charge in [0.25, 0.3) is 0 Å². The Kier molecular flexibility index (Phi) is 6.66. The van der Waals surface area contributed by atoms with Crippen molar-refractivity contribution in [3.8, 4) is 28.1 Å². The summed E-state index contributed by atoms with van der Waals surface area (Å²) in [4.78, 5) is 18.0. The normalized spacial score (nSPS) is 13.0. The highest BCUT2D eigenvalue weighted by Gasteiger charge is 2.42. The van der Waals surface area contributed by atoms with Crippen LogP contribution in [-0.2, 0) is 10.0 Å². The van der Waals surface area contributed by atoms with E-state index in [0.717, 1.165) is 67.2 Å². The molecule has 0 aliphatic heterocycles. The zero-order valence-electron chi connectivity index (χ0n) is 25.4. The first-order valence-corrected chi connectivity index (χ1v) is 16.5. The van der Waals surface area contributed by atoms with Crippen LogP contribution in [-0.4, -0.2) is 40.5 Å². The van der Waals surface area contributed by atoms with Crippen LogP contribution in [0.25, 0.3) is 44.3 Å². The minimum atomic E-state index is -2.04. The molecule has 0 bridgehead atoms. The molecular weight excluding hydrogens is 518 g/mol. The molecule has 0 radical (unpaired) electrons. The van der Waals surface area contributed by atoms with E-state index >= 15 is 0 Å². The summed E-state index contributed by atoms with van der Waals surface area (Å²) in [5, 5.41) is 6.14. The molecule has 0 aliphatic rings. The lowest BCUT2D eigenvalue weighted by Gasteiger charge is -2.42. The van der Waals surface area contributed by atoms with Crippen LogP contribution in [0.2, 0.25) is 18.1 Å². The van der Waals surface area contributed by atoms with Gasteiger partial charge in [0.2, 0.25) is 0 Å². The van der Waals surface area contributed by atoms with E-state index in [9.17, 15) is 0 Å². The highest BCUT2D eigenvalue weighted by atomic mass is 28.4. The molecule has 0 saturated heterocycles. The number of aromatic nitrogens is 5. The SMILES string of the molecule is COc1cc2c(cc1-c1c(C)noc1C)[nH]c1nc(C)nc(-c3ccnc(C(C)(C)O[Si](C)(C)C(C)(C)C)c3)c12. The van der Waals surface area contributed by atoms with Crippen LogP contribution in [0.15, 0.2) is 35.0 Å². The van der Waals surface area contributed by atoms with Crippen LogP contribution in [0, 0.1) is 20.8 Å². The van der Waals surface area contributed by atoms with Crippen LogP contribution in [0.1, 0.15) is 57.6 Å². The molecule has 0 aliphatic carbocycles. The van der Waals surface area contributed by atoms with Gasteiger partial charge in [0, 0.05) is 28.2 Å². The second-order valence-corrected chi connectivity index (χ2v) is 17.3. The van der Waals surface area contributed by atoms with Crippen LogP contribution >= 0.6 is 0 Å². The number of pyridine rings is 1. The van der Waals surface area contributed by atoms with Crippen molar-refractivity contribution >= 4 is 30.3 Å². The molecule has 4 aromatic heterocycles. The summed E-state index contributed by atoms with van der Waals surface area (Å²) < 4.78 is 18.2. The molecule has 1 N–H and O–H groups in total. The number of nitrogens with one attached hydrogen (secondary N) is 1. The number of fused-ring (bicyclic) bond motifs is 3. The number of H-pyrrole nitrogens is 1. The average Bonchev–Trinajstić information content (AvgIpc) is 3.39. The zero-order valence-corrected chi connectivity index (χ0v) is 26.4. The van der Waals surface area contributed by atoms with Gasteiger partial charge in [-0.15, -0.1) is 0 Å². The molecule has 0 spiro atoms. The van der Waals surface area contributed by atoms with E-state index in [1.165, 1.54) is 0 Å². The number of benzene rings is 1. The Hall–Kier alpha value is -3.56. The molecule has 8 nitrogen and oxygen atoms in total. The Morgan fingerprint density at radius 1 is 0.975 bits per heavy atom. The largest absolute Gasteiger partial charge is 0.496 e. The smallest absolute Gasteiger partial charge is 0.193 e. The quantitative estimate of drug-likeness (QED) is 0.211. The van der Waals surface area contributed by atoms with E-state index in [4.69, 9.17) is 28.6 Å². The van der Waals surface area contributed by atoms with Crippen LogP contribution in [0.4, 0.5) is 0 Å². The first-order chi connectivity index (χ1) is 18.6. The lowest BCUT2D eigenvalue weighted by atomic mass is 9.98. The molecule has 0 fully saturated rings. The van der Waals surface area contributed by atoms with Crippen molar-refractivity contribution in [3.05, 3.63) is 53.4 Å². The summed E-state index contributed by atoms with van der Waals surface area (Å²) >= 11 is 0. The maximum absolute atomic E-state index is 6.84. The van der Waals surface area contributed by atoms with Crippen molar-refractivity contribution in [3.63, 3.8) is 0 Å². The fourth-order valence-electron chi connectivity index (χ4n) is 5.13. The summed E-state index contributed by atoms with van der Waals surface area (Å²) in [5.74, 6) is 2.16. The molecule has 4 heterocycles. The van der Waals surface area contributed by atoms with Gasteiger partial charge in [-0.2, -0.15) is 0 Å². The van der Waals surface area contributed by atoms with Crippen LogP contribution in [0.3, 0.4) is 0 Å². The molecule has 1 aromatic carbocycles. The molecule has 0 amide bonds. The minimum Gasteiger partial charge on any atom is -0.496 e. The molecule has 5 aromatic rings. The zero-order chi connectivity index (χ0) is 29.2. The van der Waals surface area contributed by atoms with Gasteiger partial charge in [-0.25, -0.2) is 9.97 Å². The second-order valence-electron chi connectivity index (χ2n) is 12.6. The molecule has 0 unspecified atom stereocenters. The first-order valence-electron chi connectivity index (χ1n) is 13.6. The third-order valence-electron chi connectivity index (χ3n) is 8.15. The van der Waals surface area contributed by atoms with Gasteiger partial charge in [0.05, 0.1) is 40.7 Å². The number of hydrogen-bond acceptors (Lipinski definition) is 7. The van der Waals surface area contributed by atoms with Crippen molar-refractivity contribution in [2.45, 2.75) is 79.1 Å². The van der Waals surface area contributed by atoms with E-state index < -0.39 is 13.9 Å². The number of nitrogens with zero attached hydrogens (tertiary/aromatic N) is 4. The summed E-state index contributed by atoms with van der Waals surface area (Å²) in [7, 11) is -0.361. The average molecular weight is 558 g/mol. The van der Waals surface area contributed by atoms with E-state index in [-0.39, 0.29) is 5.04 Å². The Morgan fingerprint density at radius 3 is 2.33 bits per heavy atom. The van der Waals surface area contributed by atoms with Gasteiger partial charge in [0.1, 0.15) is 23.0 Å². The molecule has 40 heavy (non-hydrogen) atoms. The van der Waals surface area contributed by atoms with E-state index in [1.807, 2.05) is 39.1 Å². The van der Waals surface area contributed by atoms with Gasteiger partial charge >= 0.3 is 0 Å². The first kappa shape index (κ1) is 28.0. The Morgan fingerprint density at radius 2 is 1.70 bits per heavy atom. The number of aromatic amines is 1. The number of methoxy groups -OCH3 is 1. The molecule has 210 valence electrons. The van der Waals surface area contributed by atoms with Gasteiger partial charge in [-0.1, -0.05) is 25.9 Å². The van der Waals surface area contributed by atoms with E-state index in [0.29, 0.717) is 5.82 Å². The molecule has 0 atom stereocenters. The van der Waals surface area contributed by atoms with Crippen molar-refractivity contribution in [1.29, 1.82) is 0 Å². The predicted molar refractivity (Wildman–Crippen MR) is 162 cm³/mol. The van der Waals surface area contributed by atoms with Crippen LogP contribution in [0.5, 0.6) is 5.75 Å². The Bertz CT molecular complexity index is 1720. The fourth-order valence-corrected chi connectivity index (χ4v) is 6.81. The monoisotopic (exact) mass is 557 g/mol. The number of rotatable bonds is 6. The highest BCUT2D eigenvalue weighted by molar-refractivity contribution is 6.74. The Balaban J connectivity index is 1.69. The van der Waals surface area contributed by atoms with Gasteiger partial charge in [-0.3, -0.25) is 4.98 Å². The van der Waals surface area contributed by atoms with E-state index in [1.54, 1.807) is 7.11 Å². The molecular formula is C31H39N5O3Si. The topological polar surface area (TPSA) is 99.0 Å². The summed E-state index contributed by atoms with van der Waals surface area (Å²) in [5.41, 5.74) is 6.48. The van der Waals surface area contributed by atoms with Crippen molar-refractivity contribution in [1.82, 2.24) is 25.1 Å². The summed E-state index contributed by atoms with van der Waals surface area (Å²) in [6, 6.07) is 8.23. The van der Waals surface area contributed by atoms with Crippen molar-refractivity contribution in [2.24, 2.45) is 0 Å². The van der Waals surface area contributed by atoms with Crippen molar-refractivity contribution in [2.75, 3.05) is 7.11 Å². The minimum absolute atomic E-state index is 0.0867. The maximum Gasteiger partial charge on any atom is 0.193 e. The maximum atomic E-state index is 6.84. The summed E-state index contributed by atoms with van der Waals surface area (Å²) in [6.07, 6.45) is 1.84. The third kappa shape index (κ3) is 4.71. The fraction of sp³-hybridized carbons (Fsp3) is 0.419. The number of aryl methyl sites for hydroxylation is 3. The molecule has 5 rings (SSSR count). The van der Waals surface area contributed by atoms with Gasteiger partial charge < -0.3 is 18.7 Å². The van der Waals surface area contributed by atoms with Gasteiger partial charge in [0.15, 0.2) is 8.32 Å². The second kappa shape index (κ2) is 9.52. The summed E-state index contributed by atoms with van der Waals surface area (Å²) in [6.45, 7) is 21.3. The molecule has 9 heteroatoms. The lowest BCUT2D eigenvalue weighted by Crippen LogP contribution is -2.46. The molecule has 0 saturated carbocycles. The Labute approximate surface area is 236 Å². The lowest BCUT2D eigenvalue weighted by molar-refractivity contribution is 0.0856. The van der Waals surface area contributed by atoms with E-state index in [2.05, 4.69) is 70.0 Å². The van der Waals surface area contributed by atoms with Crippen LogP contribution < -0.4 is 4.74 Å². The highest BCUT2D eigenvalue weighted by Crippen LogP contribution is 2.43. The predicted octanol–water partition coefficient (Wildman–Crippen LogP) is 8.02. The standard InChI is InChI=1S/C31H39N5O3Si/c1-17-26(18(2)38-36-17)22-15-23-21(16-24(22)37-9)27-28(33-19(3)34-29(27)35-23)20-12-13-32-25(14-20)31(7,8)39-40(10,11)30(4,5)6/h12-16H,1-11H3,(H,33,34,35). The van der Waals surface area contributed by atoms with Gasteiger partial charge in [-0.05, 0) is 77.0 Å². The third-order valence-corrected chi connectivity index (χ3v) is 12.8. The number of hydrogen-bond donors (Lipinski definition) is 1. The number of ether oxygens (including phenoxy) is 1.